The van der Waals surface area contributed by atoms with E-state index in [1.54, 1.807) is 12.1 Å². The van der Waals surface area contributed by atoms with E-state index in [1.807, 2.05) is 12.1 Å². The highest BCUT2D eigenvalue weighted by molar-refractivity contribution is 8.00. The van der Waals surface area contributed by atoms with Crippen molar-refractivity contribution >= 4 is 40.2 Å². The number of aromatic nitrogens is 2. The van der Waals surface area contributed by atoms with Crippen molar-refractivity contribution in [2.45, 2.75) is 22.6 Å². The lowest BCUT2D eigenvalue weighted by Crippen LogP contribution is -2.47. The molecule has 0 radical (unpaired) electrons. The van der Waals surface area contributed by atoms with Gasteiger partial charge in [0.25, 0.3) is 0 Å². The molecule has 26 heavy (non-hydrogen) atoms. The van der Waals surface area contributed by atoms with Crippen LogP contribution in [0, 0.1) is 11.3 Å². The van der Waals surface area contributed by atoms with Gasteiger partial charge in [0.05, 0.1) is 18.2 Å². The zero-order chi connectivity index (χ0) is 19.2. The Balaban J connectivity index is 1.82. The molecule has 0 aliphatic carbocycles. The maximum atomic E-state index is 11.7. The van der Waals surface area contributed by atoms with Gasteiger partial charge in [-0.1, -0.05) is 35.2 Å². The second-order valence-corrected chi connectivity index (χ2v) is 7.56. The summed E-state index contributed by atoms with van der Waals surface area (Å²) < 4.78 is 0.641. The molecule has 0 spiro atoms. The molecule has 0 saturated heterocycles. The third-order valence-corrected chi connectivity index (χ3v) is 5.17. The minimum atomic E-state index is -2.05. The van der Waals surface area contributed by atoms with Gasteiger partial charge >= 0.3 is 12.0 Å². The SMILES string of the molecule is CC(O)(CNC(=O)Nc1nnc(SCc2ccc(C#N)cc2)s1)C(=O)O. The molecule has 9 nitrogen and oxygen atoms in total. The van der Waals surface area contributed by atoms with E-state index in [-0.39, 0.29) is 5.13 Å². The smallest absolute Gasteiger partial charge is 0.337 e. The summed E-state index contributed by atoms with van der Waals surface area (Å²) in [6.45, 7) is 0.631. The predicted molar refractivity (Wildman–Crippen MR) is 95.9 cm³/mol. The first-order valence-corrected chi connectivity index (χ1v) is 9.06. The molecule has 2 rings (SSSR count). The zero-order valence-corrected chi connectivity index (χ0v) is 15.2. The standard InChI is InChI=1S/C15H15N5O4S2/c1-15(24,11(21)22)8-17-12(23)18-13-19-20-14(26-13)25-7-10-4-2-9(6-16)3-5-10/h2-5,24H,7-8H2,1H3,(H,21,22)(H2,17,18,19,23). The van der Waals surface area contributed by atoms with Crippen molar-refractivity contribution in [1.82, 2.24) is 15.5 Å². The van der Waals surface area contributed by atoms with Crippen LogP contribution in [0.25, 0.3) is 0 Å². The van der Waals surface area contributed by atoms with E-state index in [2.05, 4.69) is 26.9 Å². The summed E-state index contributed by atoms with van der Waals surface area (Å²) in [7, 11) is 0. The van der Waals surface area contributed by atoms with Crippen LogP contribution < -0.4 is 10.6 Å². The van der Waals surface area contributed by atoms with Gasteiger partial charge in [0, 0.05) is 5.75 Å². The number of rotatable bonds is 7. The van der Waals surface area contributed by atoms with Crippen molar-refractivity contribution in [1.29, 1.82) is 5.26 Å². The Bertz CT molecular complexity index is 829. The molecule has 0 saturated carbocycles. The molecule has 136 valence electrons. The first kappa shape index (κ1) is 19.6. The number of aliphatic carboxylic acids is 1. The second kappa shape index (κ2) is 8.61. The number of hydrogen-bond acceptors (Lipinski definition) is 8. The van der Waals surface area contributed by atoms with E-state index >= 15 is 0 Å². The Morgan fingerprint density at radius 2 is 2.04 bits per heavy atom. The number of carbonyl (C=O) groups is 2. The molecule has 1 heterocycles. The van der Waals surface area contributed by atoms with Gasteiger partial charge in [-0.3, -0.25) is 5.32 Å². The van der Waals surface area contributed by atoms with E-state index in [4.69, 9.17) is 10.4 Å². The van der Waals surface area contributed by atoms with Crippen molar-refractivity contribution in [2.24, 2.45) is 0 Å². The Labute approximate surface area is 157 Å². The van der Waals surface area contributed by atoms with Crippen molar-refractivity contribution in [3.63, 3.8) is 0 Å². The molecule has 0 aliphatic heterocycles. The highest BCUT2D eigenvalue weighted by atomic mass is 32.2. The lowest BCUT2D eigenvalue weighted by molar-refractivity contribution is -0.155. The summed E-state index contributed by atoms with van der Waals surface area (Å²) in [5, 5.41) is 39.8. The number of aliphatic hydroxyl groups is 1. The number of nitrogens with one attached hydrogen (secondary N) is 2. The Kier molecular flexibility index (Phi) is 6.51. The van der Waals surface area contributed by atoms with Crippen molar-refractivity contribution in [3.05, 3.63) is 35.4 Å². The van der Waals surface area contributed by atoms with Gasteiger partial charge in [0.2, 0.25) is 5.13 Å². The van der Waals surface area contributed by atoms with Crippen LogP contribution in [-0.4, -0.2) is 44.6 Å². The molecule has 1 unspecified atom stereocenters. The fourth-order valence-corrected chi connectivity index (χ4v) is 3.31. The number of carboxylic acid groups (broad SMARTS) is 1. The fourth-order valence-electron chi connectivity index (χ4n) is 1.61. The monoisotopic (exact) mass is 393 g/mol. The van der Waals surface area contributed by atoms with Crippen LogP contribution in [0.2, 0.25) is 0 Å². The summed E-state index contributed by atoms with van der Waals surface area (Å²) in [5.41, 5.74) is -0.443. The summed E-state index contributed by atoms with van der Waals surface area (Å²) in [4.78, 5) is 22.5. The summed E-state index contributed by atoms with van der Waals surface area (Å²) in [6, 6.07) is 8.55. The number of carbonyl (C=O) groups excluding carboxylic acids is 1. The number of thioether (sulfide) groups is 1. The maximum absolute atomic E-state index is 11.7. The van der Waals surface area contributed by atoms with E-state index in [0.717, 1.165) is 12.5 Å². The van der Waals surface area contributed by atoms with Gasteiger partial charge in [-0.15, -0.1) is 10.2 Å². The van der Waals surface area contributed by atoms with Crippen LogP contribution in [0.5, 0.6) is 0 Å². The number of carboxylic acids is 1. The van der Waals surface area contributed by atoms with Crippen LogP contribution in [0.3, 0.4) is 0 Å². The summed E-state index contributed by atoms with van der Waals surface area (Å²) in [5.74, 6) is -0.802. The number of nitriles is 1. The molecule has 2 amide bonds. The highest BCUT2D eigenvalue weighted by Crippen LogP contribution is 2.28. The average molecular weight is 393 g/mol. The molecule has 11 heteroatoms. The van der Waals surface area contributed by atoms with Gasteiger partial charge in [-0.05, 0) is 24.6 Å². The number of nitrogens with zero attached hydrogens (tertiary/aromatic N) is 3. The third kappa shape index (κ3) is 5.69. The molecule has 2 aromatic rings. The number of urea groups is 1. The number of amides is 2. The van der Waals surface area contributed by atoms with Gasteiger partial charge in [0.1, 0.15) is 0 Å². The topological polar surface area (TPSA) is 148 Å². The minimum absolute atomic E-state index is 0.250. The minimum Gasteiger partial charge on any atom is -0.479 e. The largest absolute Gasteiger partial charge is 0.479 e. The summed E-state index contributed by atoms with van der Waals surface area (Å²) in [6.07, 6.45) is 0. The maximum Gasteiger partial charge on any atom is 0.337 e. The van der Waals surface area contributed by atoms with Crippen molar-refractivity contribution in [2.75, 3.05) is 11.9 Å². The second-order valence-electron chi connectivity index (χ2n) is 5.36. The van der Waals surface area contributed by atoms with Crippen LogP contribution in [-0.2, 0) is 10.5 Å². The first-order valence-electron chi connectivity index (χ1n) is 7.26. The lowest BCUT2D eigenvalue weighted by atomic mass is 10.1. The molecular weight excluding hydrogens is 378 g/mol. The van der Waals surface area contributed by atoms with E-state index in [1.165, 1.54) is 23.1 Å². The van der Waals surface area contributed by atoms with Gasteiger partial charge < -0.3 is 15.5 Å². The molecule has 4 N–H and O–H groups in total. The molecule has 1 aromatic heterocycles. The van der Waals surface area contributed by atoms with E-state index < -0.39 is 24.1 Å². The number of benzene rings is 1. The van der Waals surface area contributed by atoms with Gasteiger partial charge in [0.15, 0.2) is 9.94 Å². The lowest BCUT2D eigenvalue weighted by Gasteiger charge is -2.17. The molecular formula is C15H15N5O4S2. The fraction of sp³-hybridized carbons (Fsp3) is 0.267. The predicted octanol–water partition coefficient (Wildman–Crippen LogP) is 1.66. The Morgan fingerprint density at radius 1 is 1.35 bits per heavy atom. The van der Waals surface area contributed by atoms with Gasteiger partial charge in [-0.25, -0.2) is 9.59 Å². The van der Waals surface area contributed by atoms with Crippen molar-refractivity contribution in [3.8, 4) is 6.07 Å². The Morgan fingerprint density at radius 3 is 2.65 bits per heavy atom. The van der Waals surface area contributed by atoms with Crippen LogP contribution in [0.4, 0.5) is 9.93 Å². The average Bonchev–Trinajstić information content (AvgIpc) is 3.06. The van der Waals surface area contributed by atoms with Gasteiger partial charge in [-0.2, -0.15) is 5.26 Å². The zero-order valence-electron chi connectivity index (χ0n) is 13.6. The number of hydrogen-bond donors (Lipinski definition) is 4. The van der Waals surface area contributed by atoms with Crippen molar-refractivity contribution < 1.29 is 19.8 Å². The third-order valence-electron chi connectivity index (χ3n) is 3.13. The highest BCUT2D eigenvalue weighted by Gasteiger charge is 2.30. The van der Waals surface area contributed by atoms with E-state index in [0.29, 0.717) is 15.7 Å². The normalized spacial score (nSPS) is 12.7. The van der Waals surface area contributed by atoms with Crippen LogP contribution in [0.15, 0.2) is 28.6 Å². The molecule has 0 aliphatic rings. The van der Waals surface area contributed by atoms with E-state index in [9.17, 15) is 14.7 Å². The quantitative estimate of drug-likeness (QED) is 0.410. The molecule has 0 fully saturated rings. The Hall–Kier alpha value is -2.68. The molecule has 1 atom stereocenters. The first-order chi connectivity index (χ1) is 12.3. The number of anilines is 1. The summed E-state index contributed by atoms with van der Waals surface area (Å²) >= 11 is 2.59. The van der Waals surface area contributed by atoms with Crippen LogP contribution in [0.1, 0.15) is 18.1 Å². The molecule has 0 bridgehead atoms. The van der Waals surface area contributed by atoms with Crippen LogP contribution >= 0.6 is 23.1 Å². The molecule has 1 aromatic carbocycles.